The zero-order valence-electron chi connectivity index (χ0n) is 15.6. The van der Waals surface area contributed by atoms with E-state index in [2.05, 4.69) is 13.8 Å². The smallest absolute Gasteiger partial charge is 0.0494 e. The fourth-order valence-electron chi connectivity index (χ4n) is 2.91. The van der Waals surface area contributed by atoms with Gasteiger partial charge in [-0.3, -0.25) is 0 Å². The third kappa shape index (κ3) is 16.3. The number of rotatable bonds is 18. The number of hydrogen-bond donors (Lipinski definition) is 1. The average molecular weight is 314 g/mol. The molecule has 22 heavy (non-hydrogen) atoms. The second-order valence-corrected chi connectivity index (χ2v) is 6.82. The zero-order valence-corrected chi connectivity index (χ0v) is 15.6. The molecule has 2 heteroatoms. The molecule has 0 amide bonds. The lowest BCUT2D eigenvalue weighted by Crippen LogP contribution is -2.09. The molecule has 1 atom stereocenters. The maximum absolute atomic E-state index is 5.86. The molecular formula is C20H43NO. The minimum absolute atomic E-state index is 0.791. The van der Waals surface area contributed by atoms with Gasteiger partial charge in [-0.05, 0) is 31.7 Å². The van der Waals surface area contributed by atoms with E-state index in [1.54, 1.807) is 0 Å². The first-order chi connectivity index (χ1) is 10.8. The summed E-state index contributed by atoms with van der Waals surface area (Å²) in [7, 11) is 0. The Kier molecular flexibility index (Phi) is 18.9. The van der Waals surface area contributed by atoms with Crippen molar-refractivity contribution >= 4 is 0 Å². The van der Waals surface area contributed by atoms with Gasteiger partial charge in [-0.1, -0.05) is 84.5 Å². The number of ether oxygens (including phenoxy) is 1. The maximum atomic E-state index is 5.86. The largest absolute Gasteiger partial charge is 0.381 e. The molecule has 0 spiro atoms. The van der Waals surface area contributed by atoms with Crippen molar-refractivity contribution in [1.82, 2.24) is 0 Å². The Morgan fingerprint density at radius 2 is 1.27 bits per heavy atom. The predicted molar refractivity (Wildman–Crippen MR) is 99.3 cm³/mol. The molecule has 0 fully saturated rings. The molecule has 0 aliphatic heterocycles. The van der Waals surface area contributed by atoms with Crippen LogP contribution in [0.15, 0.2) is 0 Å². The Balaban J connectivity index is 3.13. The van der Waals surface area contributed by atoms with Gasteiger partial charge in [0.05, 0.1) is 0 Å². The molecule has 0 saturated heterocycles. The molecule has 0 aromatic carbocycles. The molecule has 1 unspecified atom stereocenters. The lowest BCUT2D eigenvalue weighted by molar-refractivity contribution is 0.0908. The van der Waals surface area contributed by atoms with E-state index in [0.29, 0.717) is 0 Å². The molecule has 0 rings (SSSR count). The van der Waals surface area contributed by atoms with Crippen LogP contribution in [0.25, 0.3) is 0 Å². The second-order valence-electron chi connectivity index (χ2n) is 6.82. The van der Waals surface area contributed by atoms with E-state index in [9.17, 15) is 0 Å². The lowest BCUT2D eigenvalue weighted by atomic mass is 10.0. The van der Waals surface area contributed by atoms with Gasteiger partial charge in [-0.15, -0.1) is 0 Å². The Morgan fingerprint density at radius 1 is 0.727 bits per heavy atom. The van der Waals surface area contributed by atoms with E-state index in [0.717, 1.165) is 25.7 Å². The lowest BCUT2D eigenvalue weighted by Gasteiger charge is -2.14. The van der Waals surface area contributed by atoms with E-state index in [1.807, 2.05) is 0 Å². The molecule has 0 aromatic rings. The van der Waals surface area contributed by atoms with Crippen molar-refractivity contribution in [2.75, 3.05) is 19.8 Å². The quantitative estimate of drug-likeness (QED) is 0.311. The van der Waals surface area contributed by atoms with E-state index >= 15 is 0 Å². The molecule has 0 bridgehead atoms. The first-order valence-corrected chi connectivity index (χ1v) is 10.1. The van der Waals surface area contributed by atoms with Crippen molar-refractivity contribution in [3.63, 3.8) is 0 Å². The summed E-state index contributed by atoms with van der Waals surface area (Å²) in [5.74, 6) is 0.791. The van der Waals surface area contributed by atoms with Gasteiger partial charge in [0, 0.05) is 13.2 Å². The highest BCUT2D eigenvalue weighted by molar-refractivity contribution is 4.56. The summed E-state index contributed by atoms with van der Waals surface area (Å²) in [6.45, 7) is 7.38. The van der Waals surface area contributed by atoms with Crippen LogP contribution < -0.4 is 5.73 Å². The molecule has 0 radical (unpaired) electrons. The van der Waals surface area contributed by atoms with Crippen LogP contribution >= 0.6 is 0 Å². The number of hydrogen-bond acceptors (Lipinski definition) is 2. The summed E-state index contributed by atoms with van der Waals surface area (Å²) < 4.78 is 5.86. The highest BCUT2D eigenvalue weighted by Gasteiger charge is 2.05. The number of unbranched alkanes of at least 4 members (excludes halogenated alkanes) is 10. The molecule has 0 saturated carbocycles. The topological polar surface area (TPSA) is 35.2 Å². The van der Waals surface area contributed by atoms with Crippen LogP contribution in [0.3, 0.4) is 0 Å². The Hall–Kier alpha value is -0.0800. The molecule has 2 nitrogen and oxygen atoms in total. The van der Waals surface area contributed by atoms with Crippen molar-refractivity contribution in [2.45, 2.75) is 104 Å². The van der Waals surface area contributed by atoms with Crippen LogP contribution in [0.5, 0.6) is 0 Å². The minimum atomic E-state index is 0.791. The zero-order chi connectivity index (χ0) is 16.3. The maximum Gasteiger partial charge on any atom is 0.0494 e. The summed E-state index contributed by atoms with van der Waals surface area (Å²) in [4.78, 5) is 0. The Bertz CT molecular complexity index is 196. The summed E-state index contributed by atoms with van der Waals surface area (Å²) in [6.07, 6.45) is 18.8. The SMILES string of the molecule is CCCCC(CC)COCCCCCCCCCCCCN. The van der Waals surface area contributed by atoms with Gasteiger partial charge in [0.25, 0.3) is 0 Å². The number of nitrogens with two attached hydrogens (primary N) is 1. The van der Waals surface area contributed by atoms with Gasteiger partial charge in [0.2, 0.25) is 0 Å². The third-order valence-electron chi connectivity index (χ3n) is 4.64. The standard InChI is InChI=1S/C20H43NO/c1-3-5-16-20(4-2)19-22-18-15-13-11-9-7-6-8-10-12-14-17-21/h20H,3-19,21H2,1-2H3. The van der Waals surface area contributed by atoms with Crippen molar-refractivity contribution in [1.29, 1.82) is 0 Å². The van der Waals surface area contributed by atoms with Gasteiger partial charge >= 0.3 is 0 Å². The van der Waals surface area contributed by atoms with E-state index in [-0.39, 0.29) is 0 Å². The van der Waals surface area contributed by atoms with Crippen LogP contribution in [0.1, 0.15) is 104 Å². The fraction of sp³-hybridized carbons (Fsp3) is 1.00. The van der Waals surface area contributed by atoms with Crippen molar-refractivity contribution in [3.8, 4) is 0 Å². The van der Waals surface area contributed by atoms with Gasteiger partial charge in [-0.2, -0.15) is 0 Å². The molecule has 0 aromatic heterocycles. The minimum Gasteiger partial charge on any atom is -0.381 e. The molecule has 0 aliphatic rings. The Morgan fingerprint density at radius 3 is 1.77 bits per heavy atom. The summed E-state index contributed by atoms with van der Waals surface area (Å²) in [5, 5.41) is 0. The van der Waals surface area contributed by atoms with Gasteiger partial charge in [-0.25, -0.2) is 0 Å². The van der Waals surface area contributed by atoms with E-state index in [4.69, 9.17) is 10.5 Å². The second kappa shape index (κ2) is 19.0. The third-order valence-corrected chi connectivity index (χ3v) is 4.64. The predicted octanol–water partition coefficient (Wildman–Crippen LogP) is 6.08. The summed E-state index contributed by atoms with van der Waals surface area (Å²) >= 11 is 0. The van der Waals surface area contributed by atoms with Gasteiger partial charge in [0.1, 0.15) is 0 Å². The van der Waals surface area contributed by atoms with Gasteiger partial charge < -0.3 is 10.5 Å². The highest BCUT2D eigenvalue weighted by Crippen LogP contribution is 2.14. The van der Waals surface area contributed by atoms with Crippen LogP contribution in [0.4, 0.5) is 0 Å². The molecule has 2 N–H and O–H groups in total. The Labute approximate surface area is 140 Å². The van der Waals surface area contributed by atoms with Crippen LogP contribution in [-0.4, -0.2) is 19.8 Å². The molecular weight excluding hydrogens is 270 g/mol. The van der Waals surface area contributed by atoms with Crippen LogP contribution in [-0.2, 0) is 4.74 Å². The first kappa shape index (κ1) is 21.9. The average Bonchev–Trinajstić information content (AvgIpc) is 2.54. The fourth-order valence-corrected chi connectivity index (χ4v) is 2.91. The van der Waals surface area contributed by atoms with Crippen LogP contribution in [0, 0.1) is 5.92 Å². The summed E-state index contributed by atoms with van der Waals surface area (Å²) in [5.41, 5.74) is 5.49. The molecule has 0 heterocycles. The highest BCUT2D eigenvalue weighted by atomic mass is 16.5. The summed E-state index contributed by atoms with van der Waals surface area (Å²) in [6, 6.07) is 0. The molecule has 134 valence electrons. The first-order valence-electron chi connectivity index (χ1n) is 10.1. The van der Waals surface area contributed by atoms with Crippen molar-refractivity contribution < 1.29 is 4.74 Å². The van der Waals surface area contributed by atoms with E-state index in [1.165, 1.54) is 89.9 Å². The van der Waals surface area contributed by atoms with E-state index < -0.39 is 0 Å². The van der Waals surface area contributed by atoms with Crippen molar-refractivity contribution in [2.24, 2.45) is 11.7 Å². The van der Waals surface area contributed by atoms with Gasteiger partial charge in [0.15, 0.2) is 0 Å². The monoisotopic (exact) mass is 313 g/mol. The van der Waals surface area contributed by atoms with Crippen molar-refractivity contribution in [3.05, 3.63) is 0 Å². The normalized spacial score (nSPS) is 12.7. The molecule has 0 aliphatic carbocycles. The van der Waals surface area contributed by atoms with Crippen LogP contribution in [0.2, 0.25) is 0 Å².